The molecule has 0 fully saturated rings. The fourth-order valence-corrected chi connectivity index (χ4v) is 3.76. The van der Waals surface area contributed by atoms with Gasteiger partial charge in [0.1, 0.15) is 12.4 Å². The number of fused-ring (bicyclic) bond motifs is 1. The van der Waals surface area contributed by atoms with E-state index in [4.69, 9.17) is 0 Å². The van der Waals surface area contributed by atoms with Crippen LogP contribution >= 0.6 is 0 Å². The van der Waals surface area contributed by atoms with Crippen LogP contribution in [0.5, 0.6) is 0 Å². The Morgan fingerprint density at radius 3 is 2.39 bits per heavy atom. The number of alkyl halides is 3. The van der Waals surface area contributed by atoms with E-state index >= 15 is 0 Å². The van der Waals surface area contributed by atoms with E-state index in [9.17, 15) is 26.4 Å². The smallest absolute Gasteiger partial charge is 0.337 e. The van der Waals surface area contributed by atoms with Gasteiger partial charge in [0.15, 0.2) is 0 Å². The maximum atomic E-state index is 12.4. The maximum Gasteiger partial charge on any atom is 0.406 e. The zero-order valence-electron chi connectivity index (χ0n) is 16.1. The van der Waals surface area contributed by atoms with Crippen LogP contribution in [-0.4, -0.2) is 66.9 Å². The summed E-state index contributed by atoms with van der Waals surface area (Å²) in [5, 5.41) is 0. The highest BCUT2D eigenvalue weighted by molar-refractivity contribution is 7.89. The molecule has 156 valence electrons. The number of halogens is 3. The monoisotopic (exact) mass is 420 g/mol. The van der Waals surface area contributed by atoms with Gasteiger partial charge in [-0.05, 0) is 25.1 Å². The molecule has 1 heterocycles. The van der Waals surface area contributed by atoms with Gasteiger partial charge in [0.2, 0.25) is 15.9 Å². The molecule has 0 aliphatic heterocycles. The van der Waals surface area contributed by atoms with Gasteiger partial charge in [0, 0.05) is 40.5 Å². The summed E-state index contributed by atoms with van der Waals surface area (Å²) in [6, 6.07) is 4.58. The Morgan fingerprint density at radius 1 is 1.21 bits per heavy atom. The van der Waals surface area contributed by atoms with Gasteiger partial charge in [-0.1, -0.05) is 0 Å². The number of imidazole rings is 1. The third-order valence-corrected chi connectivity index (χ3v) is 6.11. The van der Waals surface area contributed by atoms with E-state index in [0.717, 1.165) is 11.4 Å². The molecule has 0 spiro atoms. The summed E-state index contributed by atoms with van der Waals surface area (Å²) in [6.45, 7) is 1.09. The fourth-order valence-electron chi connectivity index (χ4n) is 2.84. The lowest BCUT2D eigenvalue weighted by Gasteiger charge is -2.18. The molecule has 1 amide bonds. The number of aromatic nitrogens is 2. The first-order valence-electron chi connectivity index (χ1n) is 8.59. The molecule has 0 unspecified atom stereocenters. The number of benzene rings is 1. The van der Waals surface area contributed by atoms with Gasteiger partial charge in [-0.2, -0.15) is 13.2 Å². The summed E-state index contributed by atoms with van der Waals surface area (Å²) in [7, 11) is 0.350. The Kier molecular flexibility index (Phi) is 6.39. The lowest BCUT2D eigenvalue weighted by atomic mass is 10.2. The average molecular weight is 420 g/mol. The van der Waals surface area contributed by atoms with Crippen molar-refractivity contribution in [2.75, 3.05) is 27.7 Å². The van der Waals surface area contributed by atoms with E-state index < -0.39 is 28.7 Å². The molecule has 0 aliphatic carbocycles. The molecule has 0 saturated heterocycles. The normalized spacial score (nSPS) is 12.7. The number of hydrogen-bond acceptors (Lipinski definition) is 4. The number of carbonyl (C=O) groups is 1. The predicted octanol–water partition coefficient (Wildman–Crippen LogP) is 2.26. The van der Waals surface area contributed by atoms with E-state index in [1.165, 1.54) is 26.2 Å². The van der Waals surface area contributed by atoms with Gasteiger partial charge in [-0.15, -0.1) is 0 Å². The van der Waals surface area contributed by atoms with Crippen molar-refractivity contribution in [1.82, 2.24) is 18.8 Å². The predicted molar refractivity (Wildman–Crippen MR) is 98.3 cm³/mol. The van der Waals surface area contributed by atoms with Crippen LogP contribution in [0.2, 0.25) is 0 Å². The molecule has 28 heavy (non-hydrogen) atoms. The van der Waals surface area contributed by atoms with Crippen molar-refractivity contribution >= 4 is 27.0 Å². The van der Waals surface area contributed by atoms with Crippen molar-refractivity contribution in [2.45, 2.75) is 37.4 Å². The van der Waals surface area contributed by atoms with Crippen LogP contribution in [0.1, 0.15) is 19.2 Å². The van der Waals surface area contributed by atoms with E-state index in [1.54, 1.807) is 6.07 Å². The number of sulfonamides is 1. The Hall–Kier alpha value is -2.14. The second-order valence-corrected chi connectivity index (χ2v) is 8.73. The first-order valence-corrected chi connectivity index (χ1v) is 10.0. The molecule has 1 aromatic heterocycles. The second kappa shape index (κ2) is 8.08. The molecule has 0 atom stereocenters. The lowest BCUT2D eigenvalue weighted by molar-refractivity contribution is -0.158. The lowest BCUT2D eigenvalue weighted by Crippen LogP contribution is -2.36. The Morgan fingerprint density at radius 2 is 1.86 bits per heavy atom. The summed E-state index contributed by atoms with van der Waals surface area (Å²) in [4.78, 5) is 17.1. The van der Waals surface area contributed by atoms with Crippen molar-refractivity contribution in [3.8, 4) is 0 Å². The molecular formula is C17H23F3N4O3S. The van der Waals surface area contributed by atoms with E-state index in [0.29, 0.717) is 28.3 Å². The minimum Gasteiger partial charge on any atom is -0.337 e. The maximum absolute atomic E-state index is 12.4. The van der Waals surface area contributed by atoms with Crippen LogP contribution in [0.3, 0.4) is 0 Å². The van der Waals surface area contributed by atoms with Crippen molar-refractivity contribution in [3.05, 3.63) is 24.0 Å². The SMILES string of the molecule is CCn1c(CCC(=O)N(C)CC(F)(F)F)nc2cc(S(=O)(=O)N(C)C)ccc21. The average Bonchev–Trinajstić information content (AvgIpc) is 2.94. The standard InChI is InChI=1S/C17H23F3N4O3S/c1-5-24-14-7-6-12(28(26,27)22(2)3)10-13(14)21-15(24)8-9-16(25)23(4)11-17(18,19)20/h6-7,10H,5,8-9,11H2,1-4H3. The van der Waals surface area contributed by atoms with Gasteiger partial charge in [0.25, 0.3) is 0 Å². The molecule has 0 N–H and O–H groups in total. The highest BCUT2D eigenvalue weighted by Crippen LogP contribution is 2.23. The molecule has 2 rings (SSSR count). The minimum atomic E-state index is -4.45. The number of nitrogens with zero attached hydrogens (tertiary/aromatic N) is 4. The first-order chi connectivity index (χ1) is 12.9. The van der Waals surface area contributed by atoms with Crippen LogP contribution in [0.15, 0.2) is 23.1 Å². The van der Waals surface area contributed by atoms with Gasteiger partial charge in [-0.25, -0.2) is 17.7 Å². The van der Waals surface area contributed by atoms with E-state index in [2.05, 4.69) is 4.98 Å². The summed E-state index contributed by atoms with van der Waals surface area (Å²) < 4.78 is 64.7. The van der Waals surface area contributed by atoms with Gasteiger partial charge in [-0.3, -0.25) is 4.79 Å². The second-order valence-electron chi connectivity index (χ2n) is 6.58. The molecule has 11 heteroatoms. The highest BCUT2D eigenvalue weighted by atomic mass is 32.2. The third kappa shape index (κ3) is 4.82. The summed E-state index contributed by atoms with van der Waals surface area (Å²) in [5.74, 6) is -0.117. The van der Waals surface area contributed by atoms with Crippen molar-refractivity contribution in [1.29, 1.82) is 0 Å². The first kappa shape index (κ1) is 22.2. The van der Waals surface area contributed by atoms with Crippen molar-refractivity contribution in [3.63, 3.8) is 0 Å². The molecule has 0 bridgehead atoms. The number of amides is 1. The quantitative estimate of drug-likeness (QED) is 0.689. The number of hydrogen-bond donors (Lipinski definition) is 0. The van der Waals surface area contributed by atoms with Gasteiger partial charge in [0.05, 0.1) is 15.9 Å². The van der Waals surface area contributed by atoms with Crippen molar-refractivity contribution in [2.24, 2.45) is 0 Å². The minimum absolute atomic E-state index is 0.0956. The molecule has 2 aromatic rings. The molecule has 0 saturated carbocycles. The highest BCUT2D eigenvalue weighted by Gasteiger charge is 2.31. The van der Waals surface area contributed by atoms with E-state index in [-0.39, 0.29) is 17.7 Å². The van der Waals surface area contributed by atoms with Crippen molar-refractivity contribution < 1.29 is 26.4 Å². The van der Waals surface area contributed by atoms with Crippen LogP contribution in [0.25, 0.3) is 11.0 Å². The molecule has 0 radical (unpaired) electrons. The number of rotatable bonds is 7. The zero-order valence-corrected chi connectivity index (χ0v) is 16.9. The van der Waals surface area contributed by atoms with Crippen LogP contribution in [0.4, 0.5) is 13.2 Å². The van der Waals surface area contributed by atoms with Crippen LogP contribution in [0, 0.1) is 0 Å². The number of carbonyl (C=O) groups excluding carboxylic acids is 1. The topological polar surface area (TPSA) is 75.5 Å². The van der Waals surface area contributed by atoms with Gasteiger partial charge < -0.3 is 9.47 Å². The summed E-state index contributed by atoms with van der Waals surface area (Å²) in [5.41, 5.74) is 1.15. The summed E-state index contributed by atoms with van der Waals surface area (Å²) in [6.07, 6.45) is -4.42. The van der Waals surface area contributed by atoms with E-state index in [1.807, 2.05) is 11.5 Å². The Balaban J connectivity index is 2.27. The largest absolute Gasteiger partial charge is 0.406 e. The number of aryl methyl sites for hydroxylation is 2. The third-order valence-electron chi connectivity index (χ3n) is 4.30. The molecule has 0 aliphatic rings. The Labute approximate surface area is 161 Å². The molecule has 1 aromatic carbocycles. The summed E-state index contributed by atoms with van der Waals surface area (Å²) >= 11 is 0. The van der Waals surface area contributed by atoms with Crippen LogP contribution < -0.4 is 0 Å². The Bertz CT molecular complexity index is 968. The fraction of sp³-hybridized carbons (Fsp3) is 0.529. The van der Waals surface area contributed by atoms with Gasteiger partial charge >= 0.3 is 6.18 Å². The zero-order chi connectivity index (χ0) is 21.3. The van der Waals surface area contributed by atoms with Crippen LogP contribution in [-0.2, 0) is 27.8 Å². The molecular weight excluding hydrogens is 397 g/mol. The molecule has 7 nitrogen and oxygen atoms in total.